The molecular formula is C17H21N5O2S2. The highest BCUT2D eigenvalue weighted by molar-refractivity contribution is 7.20. The molecule has 0 aliphatic rings. The first kappa shape index (κ1) is 18.5. The molecule has 0 aliphatic carbocycles. The van der Waals surface area contributed by atoms with Gasteiger partial charge in [0.2, 0.25) is 16.0 Å². The fourth-order valence-electron chi connectivity index (χ4n) is 2.50. The minimum absolute atomic E-state index is 0.0738. The maximum Gasteiger partial charge on any atom is 0.275 e. The molecule has 0 aliphatic heterocycles. The van der Waals surface area contributed by atoms with E-state index in [9.17, 15) is 9.59 Å². The summed E-state index contributed by atoms with van der Waals surface area (Å²) in [5.74, 6) is -0.0738. The Morgan fingerprint density at radius 2 is 2.23 bits per heavy atom. The van der Waals surface area contributed by atoms with E-state index >= 15 is 0 Å². The molecule has 0 fully saturated rings. The van der Waals surface area contributed by atoms with Gasteiger partial charge in [-0.25, -0.2) is 4.98 Å². The molecule has 0 radical (unpaired) electrons. The monoisotopic (exact) mass is 391 g/mol. The van der Waals surface area contributed by atoms with Gasteiger partial charge in [-0.05, 0) is 24.3 Å². The summed E-state index contributed by atoms with van der Waals surface area (Å²) in [5.41, 5.74) is 0.594. The Morgan fingerprint density at radius 3 is 2.96 bits per heavy atom. The van der Waals surface area contributed by atoms with Gasteiger partial charge in [0.25, 0.3) is 5.56 Å². The van der Waals surface area contributed by atoms with Crippen LogP contribution >= 0.6 is 22.7 Å². The van der Waals surface area contributed by atoms with E-state index < -0.39 is 0 Å². The van der Waals surface area contributed by atoms with E-state index in [4.69, 9.17) is 0 Å². The molecule has 3 rings (SSSR count). The van der Waals surface area contributed by atoms with Crippen LogP contribution in [-0.4, -0.2) is 40.6 Å². The number of thiophene rings is 1. The third-order valence-corrected chi connectivity index (χ3v) is 5.73. The zero-order valence-corrected chi connectivity index (χ0v) is 16.4. The van der Waals surface area contributed by atoms with E-state index in [2.05, 4.69) is 21.5 Å². The molecule has 3 heterocycles. The molecule has 0 aromatic carbocycles. The molecule has 0 saturated carbocycles. The Hall–Kier alpha value is -2.26. The van der Waals surface area contributed by atoms with Gasteiger partial charge in [-0.2, -0.15) is 4.52 Å². The van der Waals surface area contributed by atoms with Crippen molar-refractivity contribution in [3.05, 3.63) is 44.5 Å². The molecule has 0 bridgehead atoms. The van der Waals surface area contributed by atoms with Gasteiger partial charge in [-0.3, -0.25) is 9.59 Å². The smallest absolute Gasteiger partial charge is 0.275 e. The minimum atomic E-state index is -0.185. The van der Waals surface area contributed by atoms with Gasteiger partial charge >= 0.3 is 0 Å². The number of aryl methyl sites for hydroxylation is 1. The standard InChI is InChI=1S/C17H21N5O2S2/c1-3-5-12-10-15(24)22-16(19-12)26-17(20-22)21(2)11-14(23)18-8-7-13-6-4-9-25-13/h4,6,9-10H,3,5,7-8,11H2,1-2H3,(H,18,23). The number of carbonyl (C=O) groups is 1. The van der Waals surface area contributed by atoms with Gasteiger partial charge in [0.1, 0.15) is 0 Å². The summed E-state index contributed by atoms with van der Waals surface area (Å²) in [6, 6.07) is 5.59. The Morgan fingerprint density at radius 1 is 1.38 bits per heavy atom. The summed E-state index contributed by atoms with van der Waals surface area (Å²) in [7, 11) is 1.79. The highest BCUT2D eigenvalue weighted by Gasteiger charge is 2.14. The van der Waals surface area contributed by atoms with Gasteiger partial charge in [0, 0.05) is 30.2 Å². The Kier molecular flexibility index (Phi) is 6.00. The third-order valence-electron chi connectivity index (χ3n) is 3.77. The number of aromatic nitrogens is 3. The summed E-state index contributed by atoms with van der Waals surface area (Å²) < 4.78 is 1.30. The van der Waals surface area contributed by atoms with Gasteiger partial charge in [-0.15, -0.1) is 16.4 Å². The van der Waals surface area contributed by atoms with E-state index in [-0.39, 0.29) is 18.0 Å². The van der Waals surface area contributed by atoms with Gasteiger partial charge < -0.3 is 10.2 Å². The molecule has 1 N–H and O–H groups in total. The summed E-state index contributed by atoms with van der Waals surface area (Å²) in [6.07, 6.45) is 2.52. The zero-order chi connectivity index (χ0) is 18.5. The number of carbonyl (C=O) groups excluding carboxylic acids is 1. The van der Waals surface area contributed by atoms with Crippen molar-refractivity contribution in [2.75, 3.05) is 25.0 Å². The quantitative estimate of drug-likeness (QED) is 0.635. The van der Waals surface area contributed by atoms with Crippen molar-refractivity contribution in [3.63, 3.8) is 0 Å². The average molecular weight is 392 g/mol. The van der Waals surface area contributed by atoms with Crippen molar-refractivity contribution in [2.24, 2.45) is 0 Å². The number of anilines is 1. The van der Waals surface area contributed by atoms with E-state index in [1.54, 1.807) is 23.3 Å². The number of nitrogens with zero attached hydrogens (tertiary/aromatic N) is 4. The first-order valence-corrected chi connectivity index (χ1v) is 10.2. The van der Waals surface area contributed by atoms with Crippen LogP contribution in [0.5, 0.6) is 0 Å². The number of rotatable bonds is 8. The highest BCUT2D eigenvalue weighted by atomic mass is 32.1. The van der Waals surface area contributed by atoms with Gasteiger partial charge in [-0.1, -0.05) is 30.7 Å². The fraction of sp³-hybridized carbons (Fsp3) is 0.412. The van der Waals surface area contributed by atoms with Crippen molar-refractivity contribution in [3.8, 4) is 0 Å². The topological polar surface area (TPSA) is 79.6 Å². The summed E-state index contributed by atoms with van der Waals surface area (Å²) in [5, 5.41) is 9.83. The van der Waals surface area contributed by atoms with Crippen LogP contribution in [0.1, 0.15) is 23.9 Å². The van der Waals surface area contributed by atoms with E-state index in [1.807, 2.05) is 18.4 Å². The number of amides is 1. The molecule has 26 heavy (non-hydrogen) atoms. The maximum absolute atomic E-state index is 12.2. The maximum atomic E-state index is 12.2. The molecule has 138 valence electrons. The molecule has 9 heteroatoms. The van der Waals surface area contributed by atoms with Crippen LogP contribution < -0.4 is 15.8 Å². The summed E-state index contributed by atoms with van der Waals surface area (Å²) >= 11 is 3.00. The number of likely N-dealkylation sites (N-methyl/N-ethyl adjacent to an activating group) is 1. The number of fused-ring (bicyclic) bond motifs is 1. The van der Waals surface area contributed by atoms with Gasteiger partial charge in [0.15, 0.2) is 0 Å². The van der Waals surface area contributed by atoms with Crippen LogP contribution in [0.3, 0.4) is 0 Å². The number of hydrogen-bond acceptors (Lipinski definition) is 7. The summed E-state index contributed by atoms with van der Waals surface area (Å²) in [4.78, 5) is 32.3. The van der Waals surface area contributed by atoms with Crippen LogP contribution in [0.15, 0.2) is 28.4 Å². The van der Waals surface area contributed by atoms with Crippen LogP contribution in [0.2, 0.25) is 0 Å². The molecule has 1 amide bonds. The lowest BCUT2D eigenvalue weighted by atomic mass is 10.2. The highest BCUT2D eigenvalue weighted by Crippen LogP contribution is 2.20. The Bertz CT molecular complexity index is 932. The number of hydrogen-bond donors (Lipinski definition) is 1. The predicted molar refractivity (Wildman–Crippen MR) is 105 cm³/mol. The molecule has 3 aromatic heterocycles. The van der Waals surface area contributed by atoms with Crippen molar-refractivity contribution < 1.29 is 4.79 Å². The lowest BCUT2D eigenvalue weighted by Gasteiger charge is -2.14. The average Bonchev–Trinajstić information content (AvgIpc) is 3.24. The molecule has 3 aromatic rings. The van der Waals surface area contributed by atoms with Crippen LogP contribution in [-0.2, 0) is 17.6 Å². The molecule has 0 spiro atoms. The van der Waals surface area contributed by atoms with E-state index in [0.717, 1.165) is 25.0 Å². The van der Waals surface area contributed by atoms with Crippen LogP contribution in [0.4, 0.5) is 5.13 Å². The van der Waals surface area contributed by atoms with Crippen molar-refractivity contribution in [1.29, 1.82) is 0 Å². The molecule has 0 saturated heterocycles. The second-order valence-corrected chi connectivity index (χ2v) is 7.92. The molecule has 0 atom stereocenters. The van der Waals surface area contributed by atoms with E-state index in [0.29, 0.717) is 16.6 Å². The SMILES string of the molecule is CCCc1cc(=O)n2nc(N(C)CC(=O)NCCc3cccs3)sc2n1. The zero-order valence-electron chi connectivity index (χ0n) is 14.8. The summed E-state index contributed by atoms with van der Waals surface area (Å²) in [6.45, 7) is 2.84. The minimum Gasteiger partial charge on any atom is -0.354 e. The predicted octanol–water partition coefficient (Wildman–Crippen LogP) is 1.96. The second-order valence-electron chi connectivity index (χ2n) is 5.95. The first-order chi connectivity index (χ1) is 12.6. The first-order valence-electron chi connectivity index (χ1n) is 8.47. The molecule has 0 unspecified atom stereocenters. The Labute approximate surface area is 159 Å². The van der Waals surface area contributed by atoms with Crippen molar-refractivity contribution in [2.45, 2.75) is 26.2 Å². The van der Waals surface area contributed by atoms with Crippen molar-refractivity contribution >= 4 is 38.7 Å². The largest absolute Gasteiger partial charge is 0.354 e. The third kappa shape index (κ3) is 4.47. The van der Waals surface area contributed by atoms with E-state index in [1.165, 1.54) is 26.8 Å². The normalized spacial score (nSPS) is 11.0. The number of nitrogens with one attached hydrogen (secondary N) is 1. The molecular weight excluding hydrogens is 370 g/mol. The lowest BCUT2D eigenvalue weighted by Crippen LogP contribution is -2.36. The fourth-order valence-corrected chi connectivity index (χ4v) is 4.10. The lowest BCUT2D eigenvalue weighted by molar-refractivity contribution is -0.119. The van der Waals surface area contributed by atoms with Crippen molar-refractivity contribution in [1.82, 2.24) is 19.9 Å². The second kappa shape index (κ2) is 8.41. The van der Waals surface area contributed by atoms with Crippen LogP contribution in [0.25, 0.3) is 4.96 Å². The van der Waals surface area contributed by atoms with Gasteiger partial charge in [0.05, 0.1) is 6.54 Å². The molecule has 7 nitrogen and oxygen atoms in total. The Balaban J connectivity index is 1.61. The van der Waals surface area contributed by atoms with Crippen LogP contribution in [0, 0.1) is 0 Å².